The average molecular weight is 834 g/mol. The van der Waals surface area contributed by atoms with Crippen molar-refractivity contribution in [2.45, 2.75) is 85.6 Å². The minimum Gasteiger partial charge on any atom is -0.462 e. The molecule has 2 aromatic rings. The molecule has 5 bridgehead atoms. The Labute approximate surface area is 346 Å². The Bertz CT molecular complexity index is 2200. The van der Waals surface area contributed by atoms with Gasteiger partial charge in [0.05, 0.1) is 57.5 Å². The van der Waals surface area contributed by atoms with Gasteiger partial charge in [-0.3, -0.25) is 24.0 Å². The molecule has 9 atom stereocenters. The Kier molecular flexibility index (Phi) is 13.5. The van der Waals surface area contributed by atoms with Crippen LogP contribution < -0.4 is 14.8 Å². The molecule has 4 aliphatic rings. The molecule has 9 unspecified atom stereocenters. The number of carbonyl (C=O) groups excluding carboxylic acids is 6. The summed E-state index contributed by atoms with van der Waals surface area (Å²) in [6, 6.07) is 6.01. The number of aliphatic hydroxyl groups excluding tert-OH is 2. The smallest absolute Gasteiger partial charge is 0.345 e. The number of ketones is 3. The average Bonchev–Trinajstić information content (AvgIpc) is 3.46. The molecule has 59 heavy (non-hydrogen) atoms. The second-order valence-electron chi connectivity index (χ2n) is 15.2. The van der Waals surface area contributed by atoms with Crippen LogP contribution >= 0.6 is 11.6 Å². The van der Waals surface area contributed by atoms with Gasteiger partial charge in [-0.2, -0.15) is 0 Å². The number of hydrogen-bond donors (Lipinski definition) is 3. The molecular weight excluding hydrogens is 786 g/mol. The summed E-state index contributed by atoms with van der Waals surface area (Å²) in [6.45, 7) is 12.2. The van der Waals surface area contributed by atoms with Gasteiger partial charge in [0.15, 0.2) is 5.78 Å². The highest BCUT2D eigenvalue weighted by Gasteiger charge is 2.52. The van der Waals surface area contributed by atoms with Crippen molar-refractivity contribution < 1.29 is 62.7 Å². The predicted molar refractivity (Wildman–Crippen MR) is 214 cm³/mol. The van der Waals surface area contributed by atoms with Crippen molar-refractivity contribution in [2.24, 2.45) is 23.7 Å². The minimum absolute atomic E-state index is 0.00466. The molecule has 3 aliphatic heterocycles. The van der Waals surface area contributed by atoms with Crippen molar-refractivity contribution in [2.75, 3.05) is 7.11 Å². The molecule has 3 N–H and O–H groups in total. The number of methoxy groups -OCH3 is 1. The van der Waals surface area contributed by atoms with Crippen molar-refractivity contribution in [1.82, 2.24) is 5.32 Å². The number of nitrogens with one attached hydrogen (secondary N) is 1. The summed E-state index contributed by atoms with van der Waals surface area (Å²) in [7, 11) is 1.41. The molecule has 15 heteroatoms. The van der Waals surface area contributed by atoms with Gasteiger partial charge < -0.3 is 39.2 Å². The van der Waals surface area contributed by atoms with Crippen LogP contribution in [0.1, 0.15) is 95.5 Å². The fraction of sp³-hybridized carbons (Fsp3) is 0.409. The summed E-state index contributed by atoms with van der Waals surface area (Å²) < 4.78 is 29.3. The normalized spacial score (nSPS) is 28.9. The molecule has 6 rings (SSSR count). The first-order chi connectivity index (χ1) is 27.7. The zero-order valence-electron chi connectivity index (χ0n) is 34.2. The van der Waals surface area contributed by atoms with Gasteiger partial charge in [-0.05, 0) is 32.1 Å². The van der Waals surface area contributed by atoms with Crippen LogP contribution in [-0.2, 0) is 23.8 Å². The number of Topliss-reactive ketones (excluding diaryl/α,β-unsaturated/α-hetero) is 2. The van der Waals surface area contributed by atoms with Crippen LogP contribution in [0.5, 0.6) is 11.5 Å². The molecule has 14 nitrogen and oxygen atoms in total. The third-order valence-corrected chi connectivity index (χ3v) is 11.4. The van der Waals surface area contributed by atoms with Crippen molar-refractivity contribution >= 4 is 46.8 Å². The number of esters is 2. The Morgan fingerprint density at radius 2 is 1.59 bits per heavy atom. The SMILES string of the molecule is COC1C=COC2(C)Oc3c(C)c(OC(=O)c4ccccc4Cl)c4c(c3C2=O)C(=O)C=C(NC(=O)C(C)=CC=CC(C)C(O)C(C)C(O)C(C)C(OC(C)=O)C1C)C4=O. The highest BCUT2D eigenvalue weighted by molar-refractivity contribution is 6.34. The maximum Gasteiger partial charge on any atom is 0.345 e. The van der Waals surface area contributed by atoms with Gasteiger partial charge in [0.25, 0.3) is 11.7 Å². The van der Waals surface area contributed by atoms with Gasteiger partial charge in [0, 0.05) is 61.8 Å². The van der Waals surface area contributed by atoms with Crippen LogP contribution in [0.2, 0.25) is 5.02 Å². The summed E-state index contributed by atoms with van der Waals surface area (Å²) in [5.41, 5.74) is -1.60. The topological polar surface area (TPSA) is 201 Å². The van der Waals surface area contributed by atoms with Crippen molar-refractivity contribution in [1.29, 1.82) is 0 Å². The standard InChI is InChI=1S/C44H48ClNO13/c1-20-13-12-14-21(2)42(53)46-29-19-30(48)32-33(37(29)51)39(58-43(54)27-15-10-11-16-28(27)45)25(6)40-34(32)41(52)44(8,59-40)56-18-17-31(55-9)22(3)38(57-26(7)47)24(5)36(50)23(4)35(20)49/h10-20,22-24,31,35-36,38,49-50H,1-9H3,(H,46,53). The van der Waals surface area contributed by atoms with Gasteiger partial charge >= 0.3 is 17.7 Å². The number of ether oxygens (including phenoxy) is 5. The van der Waals surface area contributed by atoms with E-state index in [0.717, 1.165) is 12.3 Å². The van der Waals surface area contributed by atoms with Gasteiger partial charge in [0.1, 0.15) is 17.6 Å². The molecule has 0 aromatic heterocycles. The highest BCUT2D eigenvalue weighted by atomic mass is 35.5. The summed E-state index contributed by atoms with van der Waals surface area (Å²) in [5, 5.41) is 25.3. The molecular formula is C44H48ClNO13. The van der Waals surface area contributed by atoms with E-state index >= 15 is 0 Å². The number of hydrogen-bond acceptors (Lipinski definition) is 13. The number of amides is 1. The molecule has 0 saturated heterocycles. The molecule has 0 spiro atoms. The first-order valence-corrected chi connectivity index (χ1v) is 19.4. The first kappa shape index (κ1) is 44.7. The lowest BCUT2D eigenvalue weighted by atomic mass is 9.78. The zero-order valence-corrected chi connectivity index (χ0v) is 34.9. The quantitative estimate of drug-likeness (QED) is 0.247. The number of allylic oxidation sites excluding steroid dienone is 4. The van der Waals surface area contributed by atoms with E-state index in [9.17, 15) is 39.0 Å². The molecule has 3 heterocycles. The Balaban J connectivity index is 1.66. The van der Waals surface area contributed by atoms with E-state index in [1.807, 2.05) is 0 Å². The molecule has 1 amide bonds. The zero-order chi connectivity index (χ0) is 43.7. The lowest BCUT2D eigenvalue weighted by molar-refractivity contribution is -0.160. The van der Waals surface area contributed by atoms with Crippen molar-refractivity contribution in [3.63, 3.8) is 0 Å². The molecule has 1 aliphatic carbocycles. The van der Waals surface area contributed by atoms with Crippen LogP contribution in [0.25, 0.3) is 0 Å². The third-order valence-electron chi connectivity index (χ3n) is 11.1. The second-order valence-corrected chi connectivity index (χ2v) is 15.6. The number of rotatable bonds is 4. The maximum atomic E-state index is 14.3. The van der Waals surface area contributed by atoms with Gasteiger partial charge in [-0.15, -0.1) is 0 Å². The summed E-state index contributed by atoms with van der Waals surface area (Å²) in [6.07, 6.45) is 4.08. The first-order valence-electron chi connectivity index (χ1n) is 19.0. The van der Waals surface area contributed by atoms with E-state index in [1.54, 1.807) is 45.9 Å². The molecule has 0 radical (unpaired) electrons. The number of halogens is 1. The number of fused-ring (bicyclic) bond motifs is 14. The Morgan fingerprint density at radius 3 is 2.24 bits per heavy atom. The number of aliphatic hydroxyl groups is 2. The van der Waals surface area contributed by atoms with Crippen LogP contribution in [0.15, 0.2) is 72.2 Å². The van der Waals surface area contributed by atoms with Crippen LogP contribution in [0.4, 0.5) is 0 Å². The fourth-order valence-corrected chi connectivity index (χ4v) is 7.72. The van der Waals surface area contributed by atoms with E-state index in [4.69, 9.17) is 35.3 Å². The summed E-state index contributed by atoms with van der Waals surface area (Å²) >= 11 is 6.29. The predicted octanol–water partition coefficient (Wildman–Crippen LogP) is 5.80. The van der Waals surface area contributed by atoms with Gasteiger partial charge in [-0.25, -0.2) is 4.79 Å². The van der Waals surface area contributed by atoms with Crippen molar-refractivity contribution in [3.05, 3.63) is 105 Å². The van der Waals surface area contributed by atoms with Crippen molar-refractivity contribution in [3.8, 4) is 11.5 Å². The summed E-state index contributed by atoms with van der Waals surface area (Å²) in [4.78, 5) is 82.0. The number of carbonyl (C=O) groups is 6. The third kappa shape index (κ3) is 8.81. The monoisotopic (exact) mass is 833 g/mol. The van der Waals surface area contributed by atoms with E-state index in [1.165, 1.54) is 65.2 Å². The largest absolute Gasteiger partial charge is 0.462 e. The Hall–Kier alpha value is -5.41. The lowest BCUT2D eigenvalue weighted by Crippen LogP contribution is -2.46. The maximum absolute atomic E-state index is 14.3. The molecule has 0 saturated carbocycles. The Morgan fingerprint density at radius 1 is 0.915 bits per heavy atom. The molecule has 0 fully saturated rings. The number of benzene rings is 2. The lowest BCUT2D eigenvalue weighted by Gasteiger charge is -2.38. The van der Waals surface area contributed by atoms with E-state index in [2.05, 4.69) is 5.32 Å². The van der Waals surface area contributed by atoms with E-state index in [-0.39, 0.29) is 33.0 Å². The van der Waals surface area contributed by atoms with Crippen LogP contribution in [0.3, 0.4) is 0 Å². The van der Waals surface area contributed by atoms with Gasteiger partial charge in [-0.1, -0.05) is 69.7 Å². The summed E-state index contributed by atoms with van der Waals surface area (Å²) in [5.74, 6) is -10.3. The second kappa shape index (κ2) is 17.8. The molecule has 2 aromatic carbocycles. The fourth-order valence-electron chi connectivity index (χ4n) is 7.51. The highest BCUT2D eigenvalue weighted by Crippen LogP contribution is 2.48. The molecule has 314 valence electrons. The van der Waals surface area contributed by atoms with E-state index in [0.29, 0.717) is 0 Å². The van der Waals surface area contributed by atoms with Gasteiger partial charge in [0.2, 0.25) is 5.78 Å². The van der Waals surface area contributed by atoms with Crippen LogP contribution in [0, 0.1) is 30.6 Å². The minimum atomic E-state index is -2.13. The van der Waals surface area contributed by atoms with E-state index < -0.39 is 112 Å². The van der Waals surface area contributed by atoms with Crippen LogP contribution in [-0.4, -0.2) is 82.7 Å².